The van der Waals surface area contributed by atoms with E-state index in [0.29, 0.717) is 17.0 Å². The summed E-state index contributed by atoms with van der Waals surface area (Å²) in [5.41, 5.74) is 0.350. The Balaban J connectivity index is 1.53. The molecule has 2 fully saturated rings. The maximum atomic E-state index is 12.9. The van der Waals surface area contributed by atoms with E-state index >= 15 is 0 Å². The molecule has 1 heterocycles. The van der Waals surface area contributed by atoms with Crippen molar-refractivity contribution in [3.63, 3.8) is 0 Å². The van der Waals surface area contributed by atoms with Gasteiger partial charge in [-0.2, -0.15) is 0 Å². The predicted octanol–water partition coefficient (Wildman–Crippen LogP) is 1.25. The molecular formula is C20H23FN4O5. The summed E-state index contributed by atoms with van der Waals surface area (Å²) in [5.74, 6) is -3.64. The molecular weight excluding hydrogens is 395 g/mol. The Labute approximate surface area is 172 Å². The number of rotatable bonds is 6. The van der Waals surface area contributed by atoms with Crippen LogP contribution in [0.1, 0.15) is 32.6 Å². The van der Waals surface area contributed by atoms with Crippen LogP contribution in [0.15, 0.2) is 24.3 Å². The van der Waals surface area contributed by atoms with Gasteiger partial charge in [-0.15, -0.1) is 0 Å². The Morgan fingerprint density at radius 1 is 1.03 bits per heavy atom. The van der Waals surface area contributed by atoms with Gasteiger partial charge in [0.15, 0.2) is 0 Å². The Morgan fingerprint density at radius 3 is 2.37 bits per heavy atom. The third-order valence-electron chi connectivity index (χ3n) is 5.36. The molecule has 30 heavy (non-hydrogen) atoms. The number of carbonyl (C=O) groups excluding carboxylic acids is 5. The number of hydrogen-bond donors (Lipinski definition) is 2. The van der Waals surface area contributed by atoms with Crippen molar-refractivity contribution in [3.8, 4) is 0 Å². The number of carbonyl (C=O) groups is 5. The molecule has 1 saturated carbocycles. The first-order valence-electron chi connectivity index (χ1n) is 9.79. The fraction of sp³-hybridized carbons (Fsp3) is 0.450. The summed E-state index contributed by atoms with van der Waals surface area (Å²) in [6, 6.07) is 3.93. The van der Waals surface area contributed by atoms with E-state index in [1.165, 1.54) is 24.3 Å². The lowest BCUT2D eigenvalue weighted by atomic mass is 9.85. The maximum absolute atomic E-state index is 12.9. The molecule has 160 valence electrons. The van der Waals surface area contributed by atoms with Gasteiger partial charge >= 0.3 is 17.8 Å². The van der Waals surface area contributed by atoms with Crippen LogP contribution in [0.2, 0.25) is 0 Å². The van der Waals surface area contributed by atoms with E-state index in [1.54, 1.807) is 0 Å². The van der Waals surface area contributed by atoms with Gasteiger partial charge in [-0.3, -0.25) is 24.1 Å². The zero-order valence-electron chi connectivity index (χ0n) is 16.5. The van der Waals surface area contributed by atoms with Crippen molar-refractivity contribution in [2.75, 3.05) is 18.4 Å². The highest BCUT2D eigenvalue weighted by Gasteiger charge is 2.49. The minimum atomic E-state index is -1.04. The number of halogens is 1. The van der Waals surface area contributed by atoms with E-state index in [1.807, 2.05) is 6.92 Å². The maximum Gasteiger partial charge on any atom is 0.334 e. The Morgan fingerprint density at radius 2 is 1.70 bits per heavy atom. The summed E-state index contributed by atoms with van der Waals surface area (Å²) in [7, 11) is 0. The molecule has 6 amide bonds. The number of urea groups is 1. The molecule has 0 radical (unpaired) electrons. The highest BCUT2D eigenvalue weighted by atomic mass is 19.1. The van der Waals surface area contributed by atoms with Crippen LogP contribution in [-0.2, 0) is 19.2 Å². The Hall–Kier alpha value is -3.30. The van der Waals surface area contributed by atoms with Crippen LogP contribution in [-0.4, -0.2) is 58.6 Å². The van der Waals surface area contributed by atoms with E-state index in [9.17, 15) is 28.4 Å². The van der Waals surface area contributed by atoms with Crippen LogP contribution < -0.4 is 10.6 Å². The smallest absolute Gasteiger partial charge is 0.334 e. The summed E-state index contributed by atoms with van der Waals surface area (Å²) < 4.78 is 12.9. The second kappa shape index (κ2) is 9.02. The van der Waals surface area contributed by atoms with Gasteiger partial charge in [-0.25, -0.2) is 14.1 Å². The van der Waals surface area contributed by atoms with Crippen LogP contribution in [0, 0.1) is 11.7 Å². The summed E-state index contributed by atoms with van der Waals surface area (Å²) in [5, 5.41) is 4.77. The van der Waals surface area contributed by atoms with Crippen LogP contribution in [0.25, 0.3) is 0 Å². The molecule has 0 bridgehead atoms. The second-order valence-corrected chi connectivity index (χ2v) is 7.51. The van der Waals surface area contributed by atoms with Crippen molar-refractivity contribution in [2.24, 2.45) is 5.92 Å². The Kier molecular flexibility index (Phi) is 6.43. The molecule has 0 aromatic heterocycles. The molecule has 2 aliphatic rings. The lowest BCUT2D eigenvalue weighted by molar-refractivity contribution is -0.145. The molecule has 1 aliphatic carbocycles. The molecule has 1 aromatic rings. The standard InChI is InChI=1S/C20H23FN4O5/c1-12-4-2-3-5-15(12)25-19(29)18(28)24(20(25)30)11-17(27)22-10-16(26)23-14-8-6-13(21)7-9-14/h6-9,12,15H,2-5,10-11H2,1H3,(H,22,27)(H,23,26)/t12-,15+/m1/s1. The topological polar surface area (TPSA) is 116 Å². The van der Waals surface area contributed by atoms with Crippen molar-refractivity contribution < 1.29 is 28.4 Å². The molecule has 0 spiro atoms. The lowest BCUT2D eigenvalue weighted by Gasteiger charge is -2.34. The third kappa shape index (κ3) is 4.64. The molecule has 2 N–H and O–H groups in total. The fourth-order valence-electron chi connectivity index (χ4n) is 3.75. The number of hydrogen-bond acceptors (Lipinski definition) is 5. The van der Waals surface area contributed by atoms with Crippen molar-refractivity contribution in [3.05, 3.63) is 30.1 Å². The van der Waals surface area contributed by atoms with Gasteiger partial charge in [0.05, 0.1) is 6.54 Å². The van der Waals surface area contributed by atoms with Crippen molar-refractivity contribution >= 4 is 35.3 Å². The van der Waals surface area contributed by atoms with Gasteiger partial charge in [-0.05, 0) is 43.0 Å². The minimum Gasteiger partial charge on any atom is -0.345 e. The second-order valence-electron chi connectivity index (χ2n) is 7.51. The molecule has 1 aliphatic heterocycles. The van der Waals surface area contributed by atoms with E-state index in [-0.39, 0.29) is 12.0 Å². The zero-order valence-corrected chi connectivity index (χ0v) is 16.5. The number of nitrogens with zero attached hydrogens (tertiary/aromatic N) is 2. The van der Waals surface area contributed by atoms with Crippen LogP contribution in [0.5, 0.6) is 0 Å². The van der Waals surface area contributed by atoms with E-state index in [4.69, 9.17) is 0 Å². The third-order valence-corrected chi connectivity index (χ3v) is 5.36. The summed E-state index contributed by atoms with van der Waals surface area (Å²) in [4.78, 5) is 62.8. The van der Waals surface area contributed by atoms with E-state index in [2.05, 4.69) is 10.6 Å². The zero-order chi connectivity index (χ0) is 21.8. The van der Waals surface area contributed by atoms with Crippen LogP contribution >= 0.6 is 0 Å². The van der Waals surface area contributed by atoms with Crippen LogP contribution in [0.3, 0.4) is 0 Å². The number of amides is 6. The van der Waals surface area contributed by atoms with Gasteiger partial charge in [0.2, 0.25) is 11.8 Å². The summed E-state index contributed by atoms with van der Waals surface area (Å²) in [6.07, 6.45) is 3.37. The largest absolute Gasteiger partial charge is 0.345 e. The molecule has 2 atom stereocenters. The Bertz CT molecular complexity index is 872. The molecule has 3 rings (SSSR count). The normalized spacial score (nSPS) is 21.7. The number of anilines is 1. The van der Waals surface area contributed by atoms with Crippen LogP contribution in [0.4, 0.5) is 14.9 Å². The van der Waals surface area contributed by atoms with Gasteiger partial charge in [0.25, 0.3) is 0 Å². The monoisotopic (exact) mass is 418 g/mol. The van der Waals surface area contributed by atoms with E-state index < -0.39 is 48.6 Å². The van der Waals surface area contributed by atoms with Gasteiger partial charge < -0.3 is 10.6 Å². The molecule has 10 heteroatoms. The first-order chi connectivity index (χ1) is 14.3. The highest BCUT2D eigenvalue weighted by molar-refractivity contribution is 6.45. The minimum absolute atomic E-state index is 0.0865. The quantitative estimate of drug-likeness (QED) is 0.533. The SMILES string of the molecule is C[C@@H]1CCCC[C@@H]1N1C(=O)C(=O)N(CC(=O)NCC(=O)Nc2ccc(F)cc2)C1=O. The first kappa shape index (κ1) is 21.4. The molecule has 0 unspecified atom stereocenters. The fourth-order valence-corrected chi connectivity index (χ4v) is 3.75. The van der Waals surface area contributed by atoms with E-state index in [0.717, 1.165) is 24.2 Å². The summed E-state index contributed by atoms with van der Waals surface area (Å²) >= 11 is 0. The number of imide groups is 2. The van der Waals surface area contributed by atoms with Gasteiger partial charge in [0, 0.05) is 11.7 Å². The van der Waals surface area contributed by atoms with Crippen molar-refractivity contribution in [2.45, 2.75) is 38.6 Å². The van der Waals surface area contributed by atoms with Crippen molar-refractivity contribution in [1.82, 2.24) is 15.1 Å². The average molecular weight is 418 g/mol. The number of nitrogens with one attached hydrogen (secondary N) is 2. The molecule has 1 saturated heterocycles. The van der Waals surface area contributed by atoms with Gasteiger partial charge in [0.1, 0.15) is 12.4 Å². The van der Waals surface area contributed by atoms with Gasteiger partial charge in [-0.1, -0.05) is 19.8 Å². The lowest BCUT2D eigenvalue weighted by Crippen LogP contribution is -2.47. The summed E-state index contributed by atoms with van der Waals surface area (Å²) in [6.45, 7) is 0.874. The van der Waals surface area contributed by atoms with Crippen molar-refractivity contribution in [1.29, 1.82) is 0 Å². The average Bonchev–Trinajstić information content (AvgIpc) is 2.92. The predicted molar refractivity (Wildman–Crippen MR) is 103 cm³/mol. The molecule has 1 aromatic carbocycles. The molecule has 9 nitrogen and oxygen atoms in total. The number of benzene rings is 1. The first-order valence-corrected chi connectivity index (χ1v) is 9.79. The highest BCUT2D eigenvalue weighted by Crippen LogP contribution is 2.31.